The van der Waals surface area contributed by atoms with Gasteiger partial charge in [-0.1, -0.05) is 0 Å². The van der Waals surface area contributed by atoms with Crippen molar-refractivity contribution in [1.29, 1.82) is 0 Å². The molecule has 0 aromatic carbocycles. The smallest absolute Gasteiger partial charge is 0.175 e. The second-order valence-electron chi connectivity index (χ2n) is 6.83. The standard InChI is InChI=1S/C18H20N10/c1-13-5-6-28(24-13)16-4-3-15(22-23-16)26-7-9-27(10-8-26)18-14-11-21-25(2)17(14)19-12-20-18/h3-6,11-12H,7-10H2,1-2H3. The van der Waals surface area contributed by atoms with Crippen LogP contribution in [0.25, 0.3) is 16.9 Å². The van der Waals surface area contributed by atoms with Crippen LogP contribution in [-0.4, -0.2) is 65.9 Å². The van der Waals surface area contributed by atoms with Crippen molar-refractivity contribution in [3.63, 3.8) is 0 Å². The van der Waals surface area contributed by atoms with Crippen molar-refractivity contribution in [2.75, 3.05) is 36.0 Å². The van der Waals surface area contributed by atoms with Gasteiger partial charge in [-0.05, 0) is 25.1 Å². The van der Waals surface area contributed by atoms with E-state index in [1.165, 1.54) is 0 Å². The van der Waals surface area contributed by atoms with Gasteiger partial charge in [0.05, 0.1) is 17.3 Å². The number of fused-ring (bicyclic) bond motifs is 1. The Bertz CT molecular complexity index is 1110. The molecule has 0 saturated carbocycles. The van der Waals surface area contributed by atoms with Crippen molar-refractivity contribution < 1.29 is 0 Å². The minimum absolute atomic E-state index is 0.718. The summed E-state index contributed by atoms with van der Waals surface area (Å²) in [5.74, 6) is 2.53. The molecule has 0 radical (unpaired) electrons. The van der Waals surface area contributed by atoms with Crippen LogP contribution in [-0.2, 0) is 7.05 Å². The lowest BCUT2D eigenvalue weighted by molar-refractivity contribution is 0.638. The van der Waals surface area contributed by atoms with E-state index >= 15 is 0 Å². The van der Waals surface area contributed by atoms with E-state index in [0.29, 0.717) is 0 Å². The topological polar surface area (TPSA) is 93.7 Å². The number of aromatic nitrogens is 8. The first-order chi connectivity index (χ1) is 13.7. The molecule has 10 heteroatoms. The molecule has 0 unspecified atom stereocenters. The SMILES string of the molecule is Cc1ccn(-c2ccc(N3CCN(c4ncnc5c4cnn5C)CC3)nn2)n1. The Balaban J connectivity index is 1.30. The predicted octanol–water partition coefficient (Wildman–Crippen LogP) is 0.974. The Kier molecular flexibility index (Phi) is 3.89. The van der Waals surface area contributed by atoms with Crippen LogP contribution < -0.4 is 9.80 Å². The summed E-state index contributed by atoms with van der Waals surface area (Å²) in [5.41, 5.74) is 1.80. The van der Waals surface area contributed by atoms with Gasteiger partial charge in [-0.3, -0.25) is 4.68 Å². The highest BCUT2D eigenvalue weighted by Crippen LogP contribution is 2.24. The Morgan fingerprint density at radius 3 is 2.36 bits per heavy atom. The van der Waals surface area contributed by atoms with Crippen LogP contribution in [0.1, 0.15) is 5.69 Å². The largest absolute Gasteiger partial charge is 0.352 e. The van der Waals surface area contributed by atoms with E-state index in [-0.39, 0.29) is 0 Å². The highest BCUT2D eigenvalue weighted by atomic mass is 15.4. The molecule has 5 rings (SSSR count). The van der Waals surface area contributed by atoms with Crippen molar-refractivity contribution >= 4 is 22.7 Å². The van der Waals surface area contributed by atoms with Crippen molar-refractivity contribution in [3.8, 4) is 5.82 Å². The van der Waals surface area contributed by atoms with Gasteiger partial charge < -0.3 is 9.80 Å². The Morgan fingerprint density at radius 1 is 0.893 bits per heavy atom. The van der Waals surface area contributed by atoms with Crippen LogP contribution in [0.15, 0.2) is 36.9 Å². The summed E-state index contributed by atoms with van der Waals surface area (Å²) in [6, 6.07) is 5.89. The van der Waals surface area contributed by atoms with Gasteiger partial charge in [-0.2, -0.15) is 10.2 Å². The molecular weight excluding hydrogens is 356 g/mol. The van der Waals surface area contributed by atoms with Gasteiger partial charge in [0.25, 0.3) is 0 Å². The fourth-order valence-electron chi connectivity index (χ4n) is 3.50. The molecule has 142 valence electrons. The molecule has 0 N–H and O–H groups in total. The van der Waals surface area contributed by atoms with E-state index in [9.17, 15) is 0 Å². The zero-order valence-electron chi connectivity index (χ0n) is 15.8. The molecule has 4 aromatic heterocycles. The normalized spacial score (nSPS) is 14.8. The number of aryl methyl sites for hydroxylation is 2. The molecule has 0 atom stereocenters. The number of hydrogen-bond acceptors (Lipinski definition) is 8. The fourth-order valence-corrected chi connectivity index (χ4v) is 3.50. The zero-order valence-corrected chi connectivity index (χ0v) is 15.8. The van der Waals surface area contributed by atoms with E-state index in [1.54, 1.807) is 15.7 Å². The summed E-state index contributed by atoms with van der Waals surface area (Å²) in [4.78, 5) is 13.3. The maximum atomic E-state index is 4.49. The van der Waals surface area contributed by atoms with E-state index in [0.717, 1.165) is 60.4 Å². The van der Waals surface area contributed by atoms with E-state index in [2.05, 4.69) is 40.2 Å². The third-order valence-corrected chi connectivity index (χ3v) is 5.01. The fraction of sp³-hybridized carbons (Fsp3) is 0.333. The lowest BCUT2D eigenvalue weighted by atomic mass is 10.2. The molecule has 0 amide bonds. The number of nitrogens with zero attached hydrogens (tertiary/aromatic N) is 10. The van der Waals surface area contributed by atoms with Crippen molar-refractivity contribution in [2.45, 2.75) is 6.92 Å². The highest BCUT2D eigenvalue weighted by Gasteiger charge is 2.22. The van der Waals surface area contributed by atoms with Crippen LogP contribution in [0.4, 0.5) is 11.6 Å². The van der Waals surface area contributed by atoms with E-state index < -0.39 is 0 Å². The van der Waals surface area contributed by atoms with Gasteiger partial charge in [-0.25, -0.2) is 14.6 Å². The number of hydrogen-bond donors (Lipinski definition) is 0. The molecule has 0 aliphatic carbocycles. The molecular formula is C18H20N10. The minimum atomic E-state index is 0.718. The van der Waals surface area contributed by atoms with Gasteiger partial charge in [-0.15, -0.1) is 10.2 Å². The Morgan fingerprint density at radius 2 is 1.64 bits per heavy atom. The molecule has 28 heavy (non-hydrogen) atoms. The molecule has 1 fully saturated rings. The first-order valence-corrected chi connectivity index (χ1v) is 9.18. The third kappa shape index (κ3) is 2.82. The third-order valence-electron chi connectivity index (χ3n) is 5.01. The second kappa shape index (κ2) is 6.55. The van der Waals surface area contributed by atoms with Crippen molar-refractivity contribution in [1.82, 2.24) is 39.7 Å². The monoisotopic (exact) mass is 376 g/mol. The van der Waals surface area contributed by atoms with E-state index in [1.807, 2.05) is 44.6 Å². The molecule has 1 aliphatic rings. The molecule has 4 aromatic rings. The highest BCUT2D eigenvalue weighted by molar-refractivity contribution is 5.86. The van der Waals surface area contributed by atoms with Crippen LogP contribution in [0.3, 0.4) is 0 Å². The van der Waals surface area contributed by atoms with Gasteiger partial charge in [0.1, 0.15) is 12.1 Å². The van der Waals surface area contributed by atoms with Gasteiger partial charge in [0.2, 0.25) is 0 Å². The first-order valence-electron chi connectivity index (χ1n) is 9.18. The maximum Gasteiger partial charge on any atom is 0.175 e. The van der Waals surface area contributed by atoms with Crippen LogP contribution >= 0.6 is 0 Å². The minimum Gasteiger partial charge on any atom is -0.352 e. The Hall–Kier alpha value is -3.56. The van der Waals surface area contributed by atoms with Crippen molar-refractivity contribution in [2.24, 2.45) is 7.05 Å². The molecule has 1 saturated heterocycles. The zero-order chi connectivity index (χ0) is 19.1. The van der Waals surface area contributed by atoms with Gasteiger partial charge in [0.15, 0.2) is 17.3 Å². The van der Waals surface area contributed by atoms with Crippen LogP contribution in [0.5, 0.6) is 0 Å². The average molecular weight is 376 g/mol. The quantitative estimate of drug-likeness (QED) is 0.522. The van der Waals surface area contributed by atoms with Gasteiger partial charge >= 0.3 is 0 Å². The summed E-state index contributed by atoms with van der Waals surface area (Å²) in [6.07, 6.45) is 5.32. The summed E-state index contributed by atoms with van der Waals surface area (Å²) >= 11 is 0. The lowest BCUT2D eigenvalue weighted by Gasteiger charge is -2.35. The van der Waals surface area contributed by atoms with Crippen LogP contribution in [0, 0.1) is 6.92 Å². The Labute approximate surface area is 161 Å². The van der Waals surface area contributed by atoms with Crippen molar-refractivity contribution in [3.05, 3.63) is 42.6 Å². The molecule has 5 heterocycles. The van der Waals surface area contributed by atoms with Gasteiger partial charge in [0, 0.05) is 39.4 Å². The number of anilines is 2. The lowest BCUT2D eigenvalue weighted by Crippen LogP contribution is -2.47. The summed E-state index contributed by atoms with van der Waals surface area (Å²) in [7, 11) is 1.89. The molecule has 0 spiro atoms. The average Bonchev–Trinajstić information content (AvgIpc) is 3.34. The second-order valence-corrected chi connectivity index (χ2v) is 6.83. The number of rotatable bonds is 3. The van der Waals surface area contributed by atoms with E-state index in [4.69, 9.17) is 0 Å². The summed E-state index contributed by atoms with van der Waals surface area (Å²) < 4.78 is 3.51. The molecule has 10 nitrogen and oxygen atoms in total. The molecule has 1 aliphatic heterocycles. The summed E-state index contributed by atoms with van der Waals surface area (Å²) in [6.45, 7) is 5.35. The molecule has 0 bridgehead atoms. The maximum absolute atomic E-state index is 4.49. The number of piperazine rings is 1. The summed E-state index contributed by atoms with van der Waals surface area (Å²) in [5, 5.41) is 18.4. The predicted molar refractivity (Wildman–Crippen MR) is 105 cm³/mol. The van der Waals surface area contributed by atoms with Crippen LogP contribution in [0.2, 0.25) is 0 Å². The first kappa shape index (κ1) is 16.6.